The van der Waals surface area contributed by atoms with Crippen molar-refractivity contribution in [1.29, 1.82) is 0 Å². The van der Waals surface area contributed by atoms with Crippen LogP contribution in [0.4, 0.5) is 5.69 Å². The predicted molar refractivity (Wildman–Crippen MR) is 92.6 cm³/mol. The Morgan fingerprint density at radius 2 is 2.17 bits per heavy atom. The van der Waals surface area contributed by atoms with Crippen LogP contribution in [-0.4, -0.2) is 41.6 Å². The fourth-order valence-corrected chi connectivity index (χ4v) is 4.14. The molecule has 1 aromatic rings. The summed E-state index contributed by atoms with van der Waals surface area (Å²) in [7, 11) is 0. The molecule has 1 saturated heterocycles. The summed E-state index contributed by atoms with van der Waals surface area (Å²) in [5.41, 5.74) is 3.16. The van der Waals surface area contributed by atoms with Gasteiger partial charge in [0.2, 0.25) is 5.91 Å². The number of hydrogen-bond acceptors (Lipinski definition) is 3. The Hall–Kier alpha value is -1.39. The average Bonchev–Trinajstić information content (AvgIpc) is 2.82. The summed E-state index contributed by atoms with van der Waals surface area (Å²) in [5, 5.41) is 10.6. The maximum Gasteiger partial charge on any atom is 0.224 e. The topological polar surface area (TPSA) is 43.8 Å². The molecule has 1 aromatic carbocycles. The number of hydrogen-bond donors (Lipinski definition) is 1. The Bertz CT molecular complexity index is 587. The molecule has 1 fully saturated rings. The Morgan fingerprint density at radius 3 is 2.87 bits per heavy atom. The molecule has 2 aliphatic heterocycles. The van der Waals surface area contributed by atoms with Crippen molar-refractivity contribution in [3.8, 4) is 0 Å². The van der Waals surface area contributed by atoms with E-state index in [0.29, 0.717) is 6.54 Å². The molecule has 2 aliphatic rings. The standard InChI is InChI=1S/C19H28N2O2/c1-13-5-4-8-20(11-13)12-19(23)16-6-7-18-17(10-16)9-14(2)21(18)15(3)22/h6-7,10,13-14,19,23H,4-5,8-9,11-12H2,1-3H3/t13-,14-,19-/m1/s1. The molecule has 2 heterocycles. The fourth-order valence-electron chi connectivity index (χ4n) is 4.14. The first-order chi connectivity index (χ1) is 11.0. The number of amides is 1. The number of carbonyl (C=O) groups is 1. The zero-order valence-electron chi connectivity index (χ0n) is 14.5. The third-order valence-corrected chi connectivity index (χ3v) is 5.22. The van der Waals surface area contributed by atoms with Crippen molar-refractivity contribution < 1.29 is 9.90 Å². The third kappa shape index (κ3) is 3.43. The molecule has 23 heavy (non-hydrogen) atoms. The maximum absolute atomic E-state index is 11.8. The van der Waals surface area contributed by atoms with Crippen LogP contribution in [0.15, 0.2) is 18.2 Å². The first-order valence-electron chi connectivity index (χ1n) is 8.78. The second-order valence-electron chi connectivity index (χ2n) is 7.35. The molecule has 126 valence electrons. The van der Waals surface area contributed by atoms with E-state index in [4.69, 9.17) is 0 Å². The van der Waals surface area contributed by atoms with Gasteiger partial charge in [0.05, 0.1) is 6.10 Å². The van der Waals surface area contributed by atoms with Gasteiger partial charge in [-0.25, -0.2) is 0 Å². The minimum Gasteiger partial charge on any atom is -0.387 e. The monoisotopic (exact) mass is 316 g/mol. The summed E-state index contributed by atoms with van der Waals surface area (Å²) in [4.78, 5) is 16.0. The van der Waals surface area contributed by atoms with Crippen molar-refractivity contribution in [2.45, 2.75) is 52.2 Å². The molecular weight excluding hydrogens is 288 g/mol. The van der Waals surface area contributed by atoms with E-state index in [9.17, 15) is 9.90 Å². The summed E-state index contributed by atoms with van der Waals surface area (Å²) < 4.78 is 0. The first kappa shape index (κ1) is 16.5. The van der Waals surface area contributed by atoms with Crippen molar-refractivity contribution in [3.63, 3.8) is 0 Å². The Morgan fingerprint density at radius 1 is 1.39 bits per heavy atom. The summed E-state index contributed by atoms with van der Waals surface area (Å²) in [6.45, 7) is 8.85. The van der Waals surface area contributed by atoms with Gasteiger partial charge in [0, 0.05) is 31.7 Å². The Balaban J connectivity index is 1.72. The normalized spacial score (nSPS) is 26.2. The van der Waals surface area contributed by atoms with Gasteiger partial charge >= 0.3 is 0 Å². The molecule has 0 aliphatic carbocycles. The molecule has 0 saturated carbocycles. The Kier molecular flexibility index (Phi) is 4.74. The molecule has 3 rings (SSSR count). The number of benzene rings is 1. The summed E-state index contributed by atoms with van der Waals surface area (Å²) in [6.07, 6.45) is 2.94. The molecule has 1 N–H and O–H groups in total. The lowest BCUT2D eigenvalue weighted by Gasteiger charge is -2.32. The number of carbonyl (C=O) groups excluding carboxylic acids is 1. The van der Waals surface area contributed by atoms with E-state index in [1.54, 1.807) is 6.92 Å². The number of aliphatic hydroxyl groups is 1. The van der Waals surface area contributed by atoms with Crippen LogP contribution < -0.4 is 4.90 Å². The molecule has 4 heteroatoms. The highest BCUT2D eigenvalue weighted by Crippen LogP contribution is 2.34. The van der Waals surface area contributed by atoms with Crippen LogP contribution >= 0.6 is 0 Å². The molecule has 0 unspecified atom stereocenters. The lowest BCUT2D eigenvalue weighted by Crippen LogP contribution is -2.37. The van der Waals surface area contributed by atoms with Crippen LogP contribution in [0, 0.1) is 5.92 Å². The second-order valence-corrected chi connectivity index (χ2v) is 7.35. The Labute approximate surface area is 139 Å². The van der Waals surface area contributed by atoms with E-state index in [1.807, 2.05) is 17.0 Å². The zero-order valence-corrected chi connectivity index (χ0v) is 14.5. The van der Waals surface area contributed by atoms with Gasteiger partial charge < -0.3 is 14.9 Å². The number of rotatable bonds is 3. The molecule has 4 nitrogen and oxygen atoms in total. The zero-order chi connectivity index (χ0) is 16.6. The molecule has 0 bridgehead atoms. The highest BCUT2D eigenvalue weighted by atomic mass is 16.3. The van der Waals surface area contributed by atoms with Crippen LogP contribution in [0.3, 0.4) is 0 Å². The van der Waals surface area contributed by atoms with Crippen LogP contribution in [0.25, 0.3) is 0 Å². The average molecular weight is 316 g/mol. The summed E-state index contributed by atoms with van der Waals surface area (Å²) in [5.74, 6) is 0.813. The third-order valence-electron chi connectivity index (χ3n) is 5.22. The number of nitrogens with zero attached hydrogens (tertiary/aromatic N) is 2. The van der Waals surface area contributed by atoms with E-state index in [0.717, 1.165) is 36.7 Å². The number of β-amino-alcohol motifs (C(OH)–C–C–N with tert-alkyl or cyclic N) is 1. The number of fused-ring (bicyclic) bond motifs is 1. The van der Waals surface area contributed by atoms with Crippen molar-refractivity contribution in [3.05, 3.63) is 29.3 Å². The van der Waals surface area contributed by atoms with Gasteiger partial charge in [0.15, 0.2) is 0 Å². The minimum atomic E-state index is -0.452. The van der Waals surface area contributed by atoms with Gasteiger partial charge in [-0.15, -0.1) is 0 Å². The SMILES string of the molecule is CC(=O)N1c2ccc([C@H](O)CN3CCC[C@@H](C)C3)cc2C[C@H]1C. The van der Waals surface area contributed by atoms with Crippen LogP contribution in [-0.2, 0) is 11.2 Å². The van der Waals surface area contributed by atoms with Crippen LogP contribution in [0.5, 0.6) is 0 Å². The predicted octanol–water partition coefficient (Wildman–Crippen LogP) is 2.75. The van der Waals surface area contributed by atoms with E-state index >= 15 is 0 Å². The minimum absolute atomic E-state index is 0.0897. The van der Waals surface area contributed by atoms with Gasteiger partial charge in [-0.3, -0.25) is 4.79 Å². The summed E-state index contributed by atoms with van der Waals surface area (Å²) >= 11 is 0. The molecule has 0 aromatic heterocycles. The molecule has 1 amide bonds. The number of anilines is 1. The molecule has 0 radical (unpaired) electrons. The van der Waals surface area contributed by atoms with Gasteiger partial charge in [-0.2, -0.15) is 0 Å². The fraction of sp³-hybridized carbons (Fsp3) is 0.632. The molecule has 3 atom stereocenters. The maximum atomic E-state index is 11.8. The van der Waals surface area contributed by atoms with E-state index in [-0.39, 0.29) is 11.9 Å². The van der Waals surface area contributed by atoms with Crippen LogP contribution in [0.1, 0.15) is 50.8 Å². The van der Waals surface area contributed by atoms with E-state index in [2.05, 4.69) is 24.8 Å². The summed E-state index contributed by atoms with van der Waals surface area (Å²) in [6, 6.07) is 6.27. The van der Waals surface area contributed by atoms with E-state index in [1.165, 1.54) is 18.4 Å². The lowest BCUT2D eigenvalue weighted by atomic mass is 9.98. The number of likely N-dealkylation sites (tertiary alicyclic amines) is 1. The smallest absolute Gasteiger partial charge is 0.224 e. The largest absolute Gasteiger partial charge is 0.387 e. The first-order valence-corrected chi connectivity index (χ1v) is 8.78. The van der Waals surface area contributed by atoms with Crippen molar-refractivity contribution >= 4 is 11.6 Å². The number of aliphatic hydroxyl groups excluding tert-OH is 1. The number of piperidine rings is 1. The quantitative estimate of drug-likeness (QED) is 0.932. The van der Waals surface area contributed by atoms with Crippen molar-refractivity contribution in [1.82, 2.24) is 4.90 Å². The van der Waals surface area contributed by atoms with Gasteiger partial charge in [-0.1, -0.05) is 19.1 Å². The van der Waals surface area contributed by atoms with Crippen LogP contribution in [0.2, 0.25) is 0 Å². The highest BCUT2D eigenvalue weighted by Gasteiger charge is 2.29. The molecule has 0 spiro atoms. The van der Waals surface area contributed by atoms with Gasteiger partial charge in [-0.05, 0) is 55.8 Å². The van der Waals surface area contributed by atoms with Crippen molar-refractivity contribution in [2.24, 2.45) is 5.92 Å². The second kappa shape index (κ2) is 6.62. The van der Waals surface area contributed by atoms with Crippen molar-refractivity contribution in [2.75, 3.05) is 24.5 Å². The van der Waals surface area contributed by atoms with Gasteiger partial charge in [0.1, 0.15) is 0 Å². The lowest BCUT2D eigenvalue weighted by molar-refractivity contribution is -0.116. The highest BCUT2D eigenvalue weighted by molar-refractivity contribution is 5.94. The van der Waals surface area contributed by atoms with E-state index < -0.39 is 6.10 Å². The van der Waals surface area contributed by atoms with Gasteiger partial charge in [0.25, 0.3) is 0 Å². The molecular formula is C19H28N2O2.